The predicted molar refractivity (Wildman–Crippen MR) is 43.9 cm³/mol. The van der Waals surface area contributed by atoms with Crippen LogP contribution in [0.1, 0.15) is 12.8 Å². The first-order valence-corrected chi connectivity index (χ1v) is 4.46. The van der Waals surface area contributed by atoms with E-state index in [4.69, 9.17) is 0 Å². The smallest absolute Gasteiger partial charge is 0.261 e. The second-order valence-electron chi connectivity index (χ2n) is 3.26. The Morgan fingerprint density at radius 1 is 1.38 bits per heavy atom. The average Bonchev–Trinajstić information content (AvgIpc) is 2.83. The first-order valence-electron chi connectivity index (χ1n) is 4.46. The van der Waals surface area contributed by atoms with Gasteiger partial charge in [0.25, 0.3) is 6.43 Å². The fourth-order valence-corrected chi connectivity index (χ4v) is 0.942. The first-order chi connectivity index (χ1) is 6.18. The third-order valence-electron chi connectivity index (χ3n) is 1.77. The second-order valence-corrected chi connectivity index (χ2v) is 3.26. The molecule has 1 aliphatic carbocycles. The van der Waals surface area contributed by atoms with Crippen LogP contribution in [0.15, 0.2) is 0 Å². The van der Waals surface area contributed by atoms with Crippen molar-refractivity contribution in [3.63, 3.8) is 0 Å². The standard InChI is InChI=1S/C8H15F2NO2/c9-8(10)5-13-4-7(12)3-11-6-1-2-6/h6-8,11-12H,1-5H2. The Balaban J connectivity index is 1.87. The summed E-state index contributed by atoms with van der Waals surface area (Å²) in [6.07, 6.45) is -0.849. The van der Waals surface area contributed by atoms with Gasteiger partial charge in [-0.05, 0) is 12.8 Å². The lowest BCUT2D eigenvalue weighted by atomic mass is 10.4. The van der Waals surface area contributed by atoms with E-state index in [1.54, 1.807) is 0 Å². The number of hydrogen-bond acceptors (Lipinski definition) is 3. The maximum Gasteiger partial charge on any atom is 0.261 e. The van der Waals surface area contributed by atoms with Crippen molar-refractivity contribution >= 4 is 0 Å². The minimum absolute atomic E-state index is 0.0237. The van der Waals surface area contributed by atoms with Crippen molar-refractivity contribution in [2.45, 2.75) is 31.4 Å². The largest absolute Gasteiger partial charge is 0.389 e. The minimum Gasteiger partial charge on any atom is -0.389 e. The second kappa shape index (κ2) is 5.47. The van der Waals surface area contributed by atoms with Crippen molar-refractivity contribution in [3.05, 3.63) is 0 Å². The lowest BCUT2D eigenvalue weighted by Crippen LogP contribution is -2.32. The van der Waals surface area contributed by atoms with E-state index < -0.39 is 19.1 Å². The Labute approximate surface area is 76.1 Å². The van der Waals surface area contributed by atoms with E-state index in [9.17, 15) is 13.9 Å². The van der Waals surface area contributed by atoms with Gasteiger partial charge in [-0.25, -0.2) is 8.78 Å². The highest BCUT2D eigenvalue weighted by Gasteiger charge is 2.21. The summed E-state index contributed by atoms with van der Waals surface area (Å²) in [5, 5.41) is 12.3. The van der Waals surface area contributed by atoms with E-state index in [0.717, 1.165) is 12.8 Å². The van der Waals surface area contributed by atoms with Gasteiger partial charge in [-0.1, -0.05) is 0 Å². The molecule has 0 aromatic rings. The zero-order chi connectivity index (χ0) is 9.68. The molecule has 78 valence electrons. The Hall–Kier alpha value is -0.260. The molecule has 5 heteroatoms. The number of nitrogens with one attached hydrogen (secondary N) is 1. The zero-order valence-corrected chi connectivity index (χ0v) is 7.38. The molecule has 0 aliphatic heterocycles. The van der Waals surface area contributed by atoms with Crippen molar-refractivity contribution in [3.8, 4) is 0 Å². The number of hydrogen-bond donors (Lipinski definition) is 2. The molecule has 1 fully saturated rings. The average molecular weight is 195 g/mol. The number of aliphatic hydroxyl groups excluding tert-OH is 1. The Bertz CT molecular complexity index is 142. The zero-order valence-electron chi connectivity index (χ0n) is 7.38. The number of halogens is 2. The van der Waals surface area contributed by atoms with Crippen molar-refractivity contribution < 1.29 is 18.6 Å². The molecule has 0 heterocycles. The van der Waals surface area contributed by atoms with Crippen molar-refractivity contribution in [1.29, 1.82) is 0 Å². The van der Waals surface area contributed by atoms with Gasteiger partial charge in [0.2, 0.25) is 0 Å². The summed E-state index contributed by atoms with van der Waals surface area (Å²) in [5.74, 6) is 0. The van der Waals surface area contributed by atoms with Crippen LogP contribution in [0.2, 0.25) is 0 Å². The van der Waals surface area contributed by atoms with Crippen molar-refractivity contribution in [1.82, 2.24) is 5.32 Å². The molecule has 1 saturated carbocycles. The van der Waals surface area contributed by atoms with Gasteiger partial charge in [0, 0.05) is 12.6 Å². The SMILES string of the molecule is OC(CNC1CC1)COCC(F)F. The molecule has 3 nitrogen and oxygen atoms in total. The molecule has 1 aliphatic rings. The fourth-order valence-electron chi connectivity index (χ4n) is 0.942. The normalized spacial score (nSPS) is 19.4. The Kier molecular flexibility index (Phi) is 4.55. The molecule has 0 aromatic carbocycles. The quantitative estimate of drug-likeness (QED) is 0.617. The molecule has 0 spiro atoms. The maximum atomic E-state index is 11.6. The number of rotatable bonds is 7. The van der Waals surface area contributed by atoms with E-state index in [2.05, 4.69) is 10.1 Å². The summed E-state index contributed by atoms with van der Waals surface area (Å²) in [4.78, 5) is 0. The summed E-state index contributed by atoms with van der Waals surface area (Å²) in [6, 6.07) is 0.518. The third-order valence-corrected chi connectivity index (χ3v) is 1.77. The Morgan fingerprint density at radius 2 is 2.08 bits per heavy atom. The molecular formula is C8H15F2NO2. The van der Waals surface area contributed by atoms with Gasteiger partial charge in [-0.15, -0.1) is 0 Å². The highest BCUT2D eigenvalue weighted by Crippen LogP contribution is 2.18. The third kappa shape index (κ3) is 5.90. The predicted octanol–water partition coefficient (Wildman–Crippen LogP) is 0.381. The topological polar surface area (TPSA) is 41.5 Å². The van der Waals surface area contributed by atoms with Crippen LogP contribution < -0.4 is 5.32 Å². The highest BCUT2D eigenvalue weighted by molar-refractivity contribution is 4.81. The van der Waals surface area contributed by atoms with Gasteiger partial charge in [0.1, 0.15) is 6.61 Å². The van der Waals surface area contributed by atoms with E-state index in [1.165, 1.54) is 0 Å². The molecule has 13 heavy (non-hydrogen) atoms. The molecule has 1 rings (SSSR count). The summed E-state index contributed by atoms with van der Waals surface area (Å²) in [6.45, 7) is -0.196. The molecular weight excluding hydrogens is 180 g/mol. The van der Waals surface area contributed by atoms with Gasteiger partial charge in [0.15, 0.2) is 0 Å². The fraction of sp³-hybridized carbons (Fsp3) is 1.00. The van der Waals surface area contributed by atoms with E-state index >= 15 is 0 Å². The lowest BCUT2D eigenvalue weighted by Gasteiger charge is -2.11. The van der Waals surface area contributed by atoms with Crippen LogP contribution >= 0.6 is 0 Å². The number of alkyl halides is 2. The van der Waals surface area contributed by atoms with Crippen LogP contribution in [0, 0.1) is 0 Å². The highest BCUT2D eigenvalue weighted by atomic mass is 19.3. The molecule has 0 amide bonds. The summed E-state index contributed by atoms with van der Waals surface area (Å²) in [7, 11) is 0. The first kappa shape index (κ1) is 10.8. The van der Waals surface area contributed by atoms with Crippen LogP contribution in [0.25, 0.3) is 0 Å². The summed E-state index contributed by atoms with van der Waals surface area (Å²) in [5.41, 5.74) is 0. The summed E-state index contributed by atoms with van der Waals surface area (Å²) < 4.78 is 27.7. The molecule has 0 aromatic heterocycles. The van der Waals surface area contributed by atoms with Crippen LogP contribution in [-0.4, -0.2) is 43.4 Å². The van der Waals surface area contributed by atoms with Gasteiger partial charge >= 0.3 is 0 Å². The number of aliphatic hydroxyl groups is 1. The summed E-state index contributed by atoms with van der Waals surface area (Å²) >= 11 is 0. The molecule has 1 unspecified atom stereocenters. The number of ether oxygens (including phenoxy) is 1. The van der Waals surface area contributed by atoms with Crippen LogP contribution in [0.3, 0.4) is 0 Å². The molecule has 0 saturated heterocycles. The molecule has 1 atom stereocenters. The lowest BCUT2D eigenvalue weighted by molar-refractivity contribution is -0.0192. The van der Waals surface area contributed by atoms with Gasteiger partial charge in [-0.2, -0.15) is 0 Å². The molecule has 0 radical (unpaired) electrons. The Morgan fingerprint density at radius 3 is 2.62 bits per heavy atom. The van der Waals surface area contributed by atoms with Gasteiger partial charge in [-0.3, -0.25) is 0 Å². The van der Waals surface area contributed by atoms with E-state index in [1.807, 2.05) is 0 Å². The van der Waals surface area contributed by atoms with Crippen molar-refractivity contribution in [2.75, 3.05) is 19.8 Å². The van der Waals surface area contributed by atoms with Crippen molar-refractivity contribution in [2.24, 2.45) is 0 Å². The minimum atomic E-state index is -2.46. The monoisotopic (exact) mass is 195 g/mol. The van der Waals surface area contributed by atoms with Crippen LogP contribution in [-0.2, 0) is 4.74 Å². The maximum absolute atomic E-state index is 11.6. The van der Waals surface area contributed by atoms with Crippen LogP contribution in [0.4, 0.5) is 8.78 Å². The van der Waals surface area contributed by atoms with E-state index in [0.29, 0.717) is 12.6 Å². The van der Waals surface area contributed by atoms with E-state index in [-0.39, 0.29) is 6.61 Å². The molecule has 2 N–H and O–H groups in total. The van der Waals surface area contributed by atoms with Gasteiger partial charge < -0.3 is 15.2 Å². The van der Waals surface area contributed by atoms with Gasteiger partial charge in [0.05, 0.1) is 12.7 Å². The molecule has 0 bridgehead atoms. The van der Waals surface area contributed by atoms with Crippen LogP contribution in [0.5, 0.6) is 0 Å².